The largest absolute Gasteiger partial charge is 0.492 e. The Kier molecular flexibility index (Phi) is 6.33. The van der Waals surface area contributed by atoms with Gasteiger partial charge in [0.2, 0.25) is 6.79 Å². The summed E-state index contributed by atoms with van der Waals surface area (Å²) >= 11 is 6.08. The fourth-order valence-corrected chi connectivity index (χ4v) is 2.64. The van der Waals surface area contributed by atoms with Crippen LogP contribution in [0.1, 0.15) is 18.1 Å². The first kappa shape index (κ1) is 19.5. The molecule has 0 radical (unpaired) electrons. The minimum atomic E-state index is -0.881. The van der Waals surface area contributed by atoms with Gasteiger partial charge in [-0.2, -0.15) is 5.10 Å². The number of nitrogens with one attached hydrogen (secondary N) is 2. The Morgan fingerprint density at radius 3 is 2.79 bits per heavy atom. The molecule has 0 spiro atoms. The van der Waals surface area contributed by atoms with Gasteiger partial charge >= 0.3 is 11.8 Å². The van der Waals surface area contributed by atoms with Gasteiger partial charge in [0.25, 0.3) is 0 Å². The molecule has 3 rings (SSSR count). The lowest BCUT2D eigenvalue weighted by Crippen LogP contribution is -2.37. The topological polar surface area (TPSA) is 98.2 Å². The number of ether oxygens (including phenoxy) is 3. The fraction of sp³-hybridized carbons (Fsp3) is 0.211. The smallest absolute Gasteiger partial charge is 0.329 e. The molecule has 8 nitrogen and oxygen atoms in total. The van der Waals surface area contributed by atoms with Gasteiger partial charge in [-0.25, -0.2) is 5.43 Å². The second-order valence-electron chi connectivity index (χ2n) is 5.69. The molecule has 0 bridgehead atoms. The average Bonchev–Trinajstić information content (AvgIpc) is 3.16. The molecule has 0 saturated carbocycles. The van der Waals surface area contributed by atoms with E-state index in [2.05, 4.69) is 15.8 Å². The van der Waals surface area contributed by atoms with Gasteiger partial charge in [-0.1, -0.05) is 17.7 Å². The van der Waals surface area contributed by atoms with E-state index in [1.807, 2.05) is 6.92 Å². The molecule has 1 aliphatic heterocycles. The maximum atomic E-state index is 11.9. The Morgan fingerprint density at radius 2 is 2.00 bits per heavy atom. The lowest BCUT2D eigenvalue weighted by molar-refractivity contribution is -0.139. The minimum Gasteiger partial charge on any atom is -0.492 e. The number of benzene rings is 2. The summed E-state index contributed by atoms with van der Waals surface area (Å²) < 4.78 is 15.8. The molecule has 2 aromatic carbocycles. The van der Waals surface area contributed by atoms with Gasteiger partial charge in [0.1, 0.15) is 5.75 Å². The van der Waals surface area contributed by atoms with Crippen molar-refractivity contribution in [2.75, 3.05) is 13.4 Å². The summed E-state index contributed by atoms with van der Waals surface area (Å²) in [6, 6.07) is 10.3. The molecule has 28 heavy (non-hydrogen) atoms. The van der Waals surface area contributed by atoms with Crippen LogP contribution in [0.2, 0.25) is 5.02 Å². The number of hydrazone groups is 1. The number of fused-ring (bicyclic) bond motifs is 1. The average molecular weight is 404 g/mol. The van der Waals surface area contributed by atoms with Crippen LogP contribution in [0, 0.1) is 0 Å². The van der Waals surface area contributed by atoms with Crippen molar-refractivity contribution < 1.29 is 23.8 Å². The Labute approximate surface area is 166 Å². The lowest BCUT2D eigenvalue weighted by atomic mass is 10.2. The molecular weight excluding hydrogens is 386 g/mol. The van der Waals surface area contributed by atoms with Gasteiger partial charge in [-0.3, -0.25) is 9.59 Å². The standard InChI is InChI=1S/C19H18ClN3O5/c1-2-26-15-5-3-12(7-14(15)20)10-22-23-19(25)18(24)21-9-13-4-6-16-17(8-13)28-11-27-16/h3-8,10H,2,9,11H2,1H3,(H,21,24)(H,23,25)/b22-10-. The predicted octanol–water partition coefficient (Wildman–Crippen LogP) is 2.23. The molecule has 0 atom stereocenters. The zero-order valence-electron chi connectivity index (χ0n) is 15.0. The molecule has 146 valence electrons. The van der Waals surface area contributed by atoms with Crippen molar-refractivity contribution in [1.29, 1.82) is 0 Å². The van der Waals surface area contributed by atoms with Crippen LogP contribution in [-0.4, -0.2) is 31.4 Å². The number of carbonyl (C=O) groups is 2. The second-order valence-corrected chi connectivity index (χ2v) is 6.10. The molecule has 2 amide bonds. The van der Waals surface area contributed by atoms with Crippen LogP contribution >= 0.6 is 11.6 Å². The first-order chi connectivity index (χ1) is 13.6. The Balaban J connectivity index is 1.48. The number of carbonyl (C=O) groups excluding carboxylic acids is 2. The van der Waals surface area contributed by atoms with Gasteiger partial charge in [0.05, 0.1) is 17.8 Å². The molecular formula is C19H18ClN3O5. The van der Waals surface area contributed by atoms with Gasteiger partial charge < -0.3 is 19.5 Å². The monoisotopic (exact) mass is 403 g/mol. The maximum Gasteiger partial charge on any atom is 0.329 e. The number of amides is 2. The zero-order valence-corrected chi connectivity index (χ0v) is 15.8. The molecule has 0 unspecified atom stereocenters. The van der Waals surface area contributed by atoms with Gasteiger partial charge in [0, 0.05) is 6.54 Å². The molecule has 2 N–H and O–H groups in total. The number of nitrogens with zero attached hydrogens (tertiary/aromatic N) is 1. The van der Waals surface area contributed by atoms with Crippen molar-refractivity contribution in [2.45, 2.75) is 13.5 Å². The summed E-state index contributed by atoms with van der Waals surface area (Å²) in [5.41, 5.74) is 3.59. The SMILES string of the molecule is CCOc1ccc(/C=N\NC(=O)C(=O)NCc2ccc3c(c2)OCO3)cc1Cl. The van der Waals surface area contributed by atoms with E-state index >= 15 is 0 Å². The Morgan fingerprint density at radius 1 is 1.18 bits per heavy atom. The summed E-state index contributed by atoms with van der Waals surface area (Å²) in [5.74, 6) is 0.133. The summed E-state index contributed by atoms with van der Waals surface area (Å²) in [5, 5.41) is 6.70. The maximum absolute atomic E-state index is 11.9. The van der Waals surface area contributed by atoms with Crippen LogP contribution in [-0.2, 0) is 16.1 Å². The van der Waals surface area contributed by atoms with Crippen molar-refractivity contribution in [3.05, 3.63) is 52.5 Å². The van der Waals surface area contributed by atoms with E-state index in [0.29, 0.717) is 34.4 Å². The molecule has 1 heterocycles. The number of rotatable bonds is 6. The third-order valence-corrected chi connectivity index (χ3v) is 4.03. The molecule has 0 fully saturated rings. The Hall–Kier alpha value is -3.26. The molecule has 9 heteroatoms. The molecule has 2 aromatic rings. The molecule has 0 saturated heterocycles. The van der Waals surface area contributed by atoms with Crippen LogP contribution in [0.25, 0.3) is 0 Å². The highest BCUT2D eigenvalue weighted by Gasteiger charge is 2.15. The van der Waals surface area contributed by atoms with Crippen molar-refractivity contribution in [2.24, 2.45) is 5.10 Å². The van der Waals surface area contributed by atoms with E-state index in [1.165, 1.54) is 6.21 Å². The third kappa shape index (κ3) is 4.92. The van der Waals surface area contributed by atoms with Gasteiger partial charge in [-0.15, -0.1) is 0 Å². The first-order valence-corrected chi connectivity index (χ1v) is 8.86. The fourth-order valence-electron chi connectivity index (χ4n) is 2.40. The minimum absolute atomic E-state index is 0.168. The van der Waals surface area contributed by atoms with E-state index in [0.717, 1.165) is 5.56 Å². The van der Waals surface area contributed by atoms with Crippen molar-refractivity contribution in [3.63, 3.8) is 0 Å². The number of hydrogen-bond donors (Lipinski definition) is 2. The van der Waals surface area contributed by atoms with Crippen LogP contribution in [0.15, 0.2) is 41.5 Å². The first-order valence-electron chi connectivity index (χ1n) is 8.49. The predicted molar refractivity (Wildman–Crippen MR) is 103 cm³/mol. The Bertz CT molecular complexity index is 916. The van der Waals surface area contributed by atoms with Crippen molar-refractivity contribution in [1.82, 2.24) is 10.7 Å². The summed E-state index contributed by atoms with van der Waals surface area (Å²) in [6.45, 7) is 2.70. The number of halogens is 1. The molecule has 1 aliphatic rings. The van der Waals surface area contributed by atoms with E-state index in [4.69, 9.17) is 25.8 Å². The quantitative estimate of drug-likeness (QED) is 0.438. The van der Waals surface area contributed by atoms with E-state index in [-0.39, 0.29) is 13.3 Å². The third-order valence-electron chi connectivity index (χ3n) is 3.73. The van der Waals surface area contributed by atoms with Crippen LogP contribution < -0.4 is 25.0 Å². The summed E-state index contributed by atoms with van der Waals surface area (Å²) in [4.78, 5) is 23.7. The van der Waals surface area contributed by atoms with E-state index in [1.54, 1.807) is 36.4 Å². The van der Waals surface area contributed by atoms with Crippen molar-refractivity contribution >= 4 is 29.6 Å². The highest BCUT2D eigenvalue weighted by molar-refractivity contribution is 6.35. The highest BCUT2D eigenvalue weighted by atomic mass is 35.5. The summed E-state index contributed by atoms with van der Waals surface area (Å²) in [7, 11) is 0. The normalized spacial score (nSPS) is 12.1. The van der Waals surface area contributed by atoms with Crippen LogP contribution in [0.3, 0.4) is 0 Å². The van der Waals surface area contributed by atoms with E-state index in [9.17, 15) is 9.59 Å². The zero-order chi connectivity index (χ0) is 19.9. The van der Waals surface area contributed by atoms with Crippen molar-refractivity contribution in [3.8, 4) is 17.2 Å². The lowest BCUT2D eigenvalue weighted by Gasteiger charge is -2.06. The number of hydrogen-bond acceptors (Lipinski definition) is 6. The van der Waals surface area contributed by atoms with Gasteiger partial charge in [0.15, 0.2) is 11.5 Å². The molecule has 0 aromatic heterocycles. The van der Waals surface area contributed by atoms with Crippen LogP contribution in [0.4, 0.5) is 0 Å². The second kappa shape index (κ2) is 9.09. The van der Waals surface area contributed by atoms with Crippen LogP contribution in [0.5, 0.6) is 17.2 Å². The molecule has 0 aliphatic carbocycles. The highest BCUT2D eigenvalue weighted by Crippen LogP contribution is 2.32. The van der Waals surface area contributed by atoms with Gasteiger partial charge in [-0.05, 0) is 48.4 Å². The van der Waals surface area contributed by atoms with E-state index < -0.39 is 11.8 Å². The summed E-state index contributed by atoms with van der Waals surface area (Å²) in [6.07, 6.45) is 1.38.